The number of anilines is 1. The maximum absolute atomic E-state index is 11.9. The van der Waals surface area contributed by atoms with E-state index >= 15 is 0 Å². The van der Waals surface area contributed by atoms with Crippen molar-refractivity contribution in [2.45, 2.75) is 46.0 Å². The number of amides is 1. The van der Waals surface area contributed by atoms with Gasteiger partial charge in [-0.05, 0) is 38.7 Å². The lowest BCUT2D eigenvalue weighted by molar-refractivity contribution is -0.117. The van der Waals surface area contributed by atoms with E-state index < -0.39 is 0 Å². The number of nitrogens with zero attached hydrogens (tertiary/aromatic N) is 2. The predicted octanol–water partition coefficient (Wildman–Crippen LogP) is 3.47. The van der Waals surface area contributed by atoms with Crippen molar-refractivity contribution in [3.63, 3.8) is 0 Å². The normalized spacial score (nSPS) is 15.5. The molecule has 0 aromatic carbocycles. The van der Waals surface area contributed by atoms with Crippen molar-refractivity contribution in [3.8, 4) is 11.5 Å². The van der Waals surface area contributed by atoms with Crippen LogP contribution in [0.15, 0.2) is 14.9 Å². The second-order valence-corrected chi connectivity index (χ2v) is 5.64. The van der Waals surface area contributed by atoms with Gasteiger partial charge in [0.2, 0.25) is 5.91 Å². The molecule has 21 heavy (non-hydrogen) atoms. The highest BCUT2D eigenvalue weighted by Crippen LogP contribution is 2.29. The van der Waals surface area contributed by atoms with Crippen molar-refractivity contribution in [2.75, 3.05) is 5.32 Å². The van der Waals surface area contributed by atoms with Gasteiger partial charge in [-0.25, -0.2) is 0 Å². The van der Waals surface area contributed by atoms with E-state index in [2.05, 4.69) is 15.5 Å². The molecule has 1 saturated carbocycles. The summed E-state index contributed by atoms with van der Waals surface area (Å²) in [5.41, 5.74) is 0.760. The second-order valence-electron chi connectivity index (χ2n) is 5.64. The number of hydrogen-bond donors (Lipinski definition) is 1. The Morgan fingerprint density at radius 3 is 2.71 bits per heavy atom. The molecule has 1 aliphatic carbocycles. The molecule has 0 saturated heterocycles. The largest absolute Gasteiger partial charge is 0.466 e. The van der Waals surface area contributed by atoms with Crippen LogP contribution in [0.1, 0.15) is 43.6 Å². The zero-order chi connectivity index (χ0) is 14.8. The quantitative estimate of drug-likeness (QED) is 0.932. The third kappa shape index (κ3) is 3.15. The zero-order valence-electron chi connectivity index (χ0n) is 12.3. The van der Waals surface area contributed by atoms with Crippen molar-refractivity contribution in [2.24, 2.45) is 5.92 Å². The monoisotopic (exact) mass is 289 g/mol. The van der Waals surface area contributed by atoms with Crippen LogP contribution in [-0.2, 0) is 4.79 Å². The van der Waals surface area contributed by atoms with Crippen molar-refractivity contribution >= 4 is 11.9 Å². The molecular formula is C15H19N3O3. The van der Waals surface area contributed by atoms with Gasteiger partial charge in [-0.3, -0.25) is 10.1 Å². The molecule has 1 amide bonds. The van der Waals surface area contributed by atoms with Gasteiger partial charge in [0, 0.05) is 6.42 Å². The molecule has 0 radical (unpaired) electrons. The molecule has 1 aliphatic rings. The summed E-state index contributed by atoms with van der Waals surface area (Å²) in [5, 5.41) is 10.5. The fourth-order valence-electron chi connectivity index (χ4n) is 2.87. The Bertz CT molecular complexity index is 638. The van der Waals surface area contributed by atoms with E-state index in [1.807, 2.05) is 19.9 Å². The third-order valence-electron chi connectivity index (χ3n) is 3.89. The van der Waals surface area contributed by atoms with Gasteiger partial charge in [-0.15, -0.1) is 5.10 Å². The molecule has 0 unspecified atom stereocenters. The summed E-state index contributed by atoms with van der Waals surface area (Å²) in [6.07, 6.45) is 5.25. The summed E-state index contributed by atoms with van der Waals surface area (Å²) in [6.45, 7) is 3.70. The minimum atomic E-state index is -0.0582. The topological polar surface area (TPSA) is 81.2 Å². The summed E-state index contributed by atoms with van der Waals surface area (Å²) in [6, 6.07) is 1.98. The summed E-state index contributed by atoms with van der Waals surface area (Å²) in [4.78, 5) is 11.9. The maximum Gasteiger partial charge on any atom is 0.322 e. The third-order valence-corrected chi connectivity index (χ3v) is 3.89. The van der Waals surface area contributed by atoms with Gasteiger partial charge < -0.3 is 8.83 Å². The fourth-order valence-corrected chi connectivity index (χ4v) is 2.87. The Kier molecular flexibility index (Phi) is 3.77. The van der Waals surface area contributed by atoms with Gasteiger partial charge in [-0.2, -0.15) is 0 Å². The van der Waals surface area contributed by atoms with Crippen LogP contribution in [0.4, 0.5) is 6.01 Å². The lowest BCUT2D eigenvalue weighted by Gasteiger charge is -2.06. The summed E-state index contributed by atoms with van der Waals surface area (Å²) < 4.78 is 10.9. The molecule has 6 nitrogen and oxygen atoms in total. The SMILES string of the molecule is Cc1cc(-c2nnc(NC(=O)CC3CCCC3)o2)c(C)o1. The lowest BCUT2D eigenvalue weighted by Crippen LogP contribution is -2.15. The molecule has 2 aromatic heterocycles. The van der Waals surface area contributed by atoms with E-state index in [1.54, 1.807) is 0 Å². The number of rotatable bonds is 4. The summed E-state index contributed by atoms with van der Waals surface area (Å²) >= 11 is 0. The van der Waals surface area contributed by atoms with Gasteiger partial charge in [0.05, 0.1) is 5.56 Å². The Labute approximate surface area is 122 Å². The number of aryl methyl sites for hydroxylation is 2. The molecule has 0 spiro atoms. The van der Waals surface area contributed by atoms with Crippen molar-refractivity contribution in [1.82, 2.24) is 10.2 Å². The van der Waals surface area contributed by atoms with Crippen LogP contribution < -0.4 is 5.32 Å². The molecular weight excluding hydrogens is 270 g/mol. The minimum absolute atomic E-state index is 0.0582. The summed E-state index contributed by atoms with van der Waals surface area (Å²) in [7, 11) is 0. The average Bonchev–Trinajstić information content (AvgIpc) is 3.12. The first kappa shape index (κ1) is 13.9. The van der Waals surface area contributed by atoms with Gasteiger partial charge >= 0.3 is 6.01 Å². The van der Waals surface area contributed by atoms with Crippen LogP contribution in [0.25, 0.3) is 11.5 Å². The number of furan rings is 1. The number of hydrogen-bond acceptors (Lipinski definition) is 5. The Morgan fingerprint density at radius 2 is 2.05 bits per heavy atom. The van der Waals surface area contributed by atoms with Crippen molar-refractivity contribution in [1.29, 1.82) is 0 Å². The first-order chi connectivity index (χ1) is 10.1. The van der Waals surface area contributed by atoms with Crippen LogP contribution in [0.5, 0.6) is 0 Å². The van der Waals surface area contributed by atoms with Crippen LogP contribution in [-0.4, -0.2) is 16.1 Å². The molecule has 6 heteroatoms. The smallest absolute Gasteiger partial charge is 0.322 e. The first-order valence-electron chi connectivity index (χ1n) is 7.32. The van der Waals surface area contributed by atoms with E-state index in [0.29, 0.717) is 18.2 Å². The van der Waals surface area contributed by atoms with Gasteiger partial charge in [0.1, 0.15) is 11.5 Å². The van der Waals surface area contributed by atoms with E-state index in [1.165, 1.54) is 12.8 Å². The highest BCUT2D eigenvalue weighted by Gasteiger charge is 2.20. The number of nitrogens with one attached hydrogen (secondary N) is 1. The zero-order valence-corrected chi connectivity index (χ0v) is 12.3. The Balaban J connectivity index is 1.64. The molecule has 1 N–H and O–H groups in total. The molecule has 112 valence electrons. The highest BCUT2D eigenvalue weighted by molar-refractivity contribution is 5.88. The number of aromatic nitrogens is 2. The van der Waals surface area contributed by atoms with Crippen LogP contribution >= 0.6 is 0 Å². The van der Waals surface area contributed by atoms with E-state index in [-0.39, 0.29) is 11.9 Å². The van der Waals surface area contributed by atoms with Crippen LogP contribution in [0.3, 0.4) is 0 Å². The number of carbonyl (C=O) groups is 1. The van der Waals surface area contributed by atoms with Crippen LogP contribution in [0, 0.1) is 19.8 Å². The standard InChI is InChI=1S/C15H19N3O3/c1-9-7-12(10(2)20-9)14-17-18-15(21-14)16-13(19)8-11-5-3-4-6-11/h7,11H,3-6,8H2,1-2H3,(H,16,18,19). The van der Waals surface area contributed by atoms with Crippen molar-refractivity contribution in [3.05, 3.63) is 17.6 Å². The minimum Gasteiger partial charge on any atom is -0.466 e. The highest BCUT2D eigenvalue weighted by atomic mass is 16.4. The lowest BCUT2D eigenvalue weighted by atomic mass is 10.0. The second kappa shape index (κ2) is 5.71. The Hall–Kier alpha value is -2.11. The van der Waals surface area contributed by atoms with Gasteiger partial charge in [0.15, 0.2) is 0 Å². The summed E-state index contributed by atoms with van der Waals surface area (Å²) in [5.74, 6) is 2.30. The van der Waals surface area contributed by atoms with Gasteiger partial charge in [0.25, 0.3) is 5.89 Å². The first-order valence-corrected chi connectivity index (χ1v) is 7.32. The fraction of sp³-hybridized carbons (Fsp3) is 0.533. The van der Waals surface area contributed by atoms with Gasteiger partial charge in [-0.1, -0.05) is 17.9 Å². The Morgan fingerprint density at radius 1 is 1.29 bits per heavy atom. The molecule has 0 atom stereocenters. The predicted molar refractivity (Wildman–Crippen MR) is 76.7 cm³/mol. The molecule has 1 fully saturated rings. The molecule has 2 aromatic rings. The van der Waals surface area contributed by atoms with E-state index in [9.17, 15) is 4.79 Å². The number of carbonyl (C=O) groups excluding carboxylic acids is 1. The molecule has 3 rings (SSSR count). The van der Waals surface area contributed by atoms with E-state index in [0.717, 1.165) is 29.9 Å². The average molecular weight is 289 g/mol. The van der Waals surface area contributed by atoms with Crippen LogP contribution in [0.2, 0.25) is 0 Å². The molecule has 2 heterocycles. The van der Waals surface area contributed by atoms with E-state index in [4.69, 9.17) is 8.83 Å². The maximum atomic E-state index is 11.9. The molecule has 0 aliphatic heterocycles. The van der Waals surface area contributed by atoms with Crippen molar-refractivity contribution < 1.29 is 13.6 Å². The molecule has 0 bridgehead atoms.